The molecule has 0 aliphatic rings. The van der Waals surface area contributed by atoms with Crippen LogP contribution in [0.3, 0.4) is 0 Å². The first-order valence-corrected chi connectivity index (χ1v) is 6.92. The molecule has 0 spiro atoms. The number of methoxy groups -OCH3 is 2. The van der Waals surface area contributed by atoms with Crippen LogP contribution in [0.1, 0.15) is 22.7 Å². The lowest BCUT2D eigenvalue weighted by Gasteiger charge is -2.22. The van der Waals surface area contributed by atoms with Gasteiger partial charge in [0, 0.05) is 16.1 Å². The van der Waals surface area contributed by atoms with Crippen LogP contribution in [0.2, 0.25) is 5.02 Å². The first-order valence-electron chi connectivity index (χ1n) is 6.54. The van der Waals surface area contributed by atoms with E-state index in [1.807, 2.05) is 37.3 Å². The van der Waals surface area contributed by atoms with E-state index in [0.29, 0.717) is 10.8 Å². The van der Waals surface area contributed by atoms with Gasteiger partial charge in [-0.15, -0.1) is 0 Å². The lowest BCUT2D eigenvalue weighted by atomic mass is 9.96. The Morgan fingerprint density at radius 2 is 1.57 bits per heavy atom. The molecular weight excluding hydrogens is 288 g/mol. The highest BCUT2D eigenvalue weighted by atomic mass is 35.5. The molecule has 1 atom stereocenters. The predicted octanol–water partition coefficient (Wildman–Crippen LogP) is 3.22. The summed E-state index contributed by atoms with van der Waals surface area (Å²) in [5, 5.41) is 0.623. The summed E-state index contributed by atoms with van der Waals surface area (Å²) in [6.45, 7) is 2.02. The van der Waals surface area contributed by atoms with Crippen molar-refractivity contribution in [2.45, 2.75) is 13.0 Å². The fraction of sp³-hybridized carbons (Fsp3) is 0.250. The van der Waals surface area contributed by atoms with E-state index in [0.717, 1.165) is 22.4 Å². The Morgan fingerprint density at radius 1 is 1.00 bits per heavy atom. The normalized spacial score (nSPS) is 12.0. The van der Waals surface area contributed by atoms with Crippen molar-refractivity contribution in [3.63, 3.8) is 0 Å². The second-order valence-electron chi connectivity index (χ2n) is 4.73. The number of aryl methyl sites for hydroxylation is 1. The third kappa shape index (κ3) is 3.29. The SMILES string of the molecule is COc1ccc(C)cc1C(NN)c1cc(Cl)ccc1OC. The minimum atomic E-state index is -0.284. The van der Waals surface area contributed by atoms with Gasteiger partial charge in [0.2, 0.25) is 0 Å². The molecule has 0 fully saturated rings. The fourth-order valence-electron chi connectivity index (χ4n) is 2.36. The number of hydrazine groups is 1. The lowest BCUT2D eigenvalue weighted by molar-refractivity contribution is 0.394. The van der Waals surface area contributed by atoms with Crippen molar-refractivity contribution in [3.8, 4) is 11.5 Å². The van der Waals surface area contributed by atoms with E-state index in [-0.39, 0.29) is 6.04 Å². The summed E-state index contributed by atoms with van der Waals surface area (Å²) in [7, 11) is 3.25. The van der Waals surface area contributed by atoms with Gasteiger partial charge < -0.3 is 9.47 Å². The highest BCUT2D eigenvalue weighted by molar-refractivity contribution is 6.30. The Bertz CT molecular complexity index is 578. The standard InChI is InChI=1S/C16H19ClN2O2/c1-10-4-6-14(20-2)12(8-10)16(19-18)13-9-11(17)5-7-15(13)21-3/h4-9,16,19H,18H2,1-3H3. The Morgan fingerprint density at radius 3 is 2.14 bits per heavy atom. The zero-order chi connectivity index (χ0) is 15.4. The molecule has 0 radical (unpaired) electrons. The van der Waals surface area contributed by atoms with E-state index < -0.39 is 0 Å². The van der Waals surface area contributed by atoms with Crippen molar-refractivity contribution in [2.24, 2.45) is 5.84 Å². The van der Waals surface area contributed by atoms with Crippen LogP contribution in [0, 0.1) is 6.92 Å². The van der Waals surface area contributed by atoms with Crippen LogP contribution in [-0.4, -0.2) is 14.2 Å². The van der Waals surface area contributed by atoms with Crippen LogP contribution in [0.15, 0.2) is 36.4 Å². The van der Waals surface area contributed by atoms with Gasteiger partial charge in [-0.1, -0.05) is 29.3 Å². The maximum absolute atomic E-state index is 6.11. The zero-order valence-corrected chi connectivity index (χ0v) is 13.1. The van der Waals surface area contributed by atoms with Gasteiger partial charge >= 0.3 is 0 Å². The minimum absolute atomic E-state index is 0.284. The van der Waals surface area contributed by atoms with Gasteiger partial charge in [0.15, 0.2) is 0 Å². The van der Waals surface area contributed by atoms with Crippen molar-refractivity contribution in [3.05, 3.63) is 58.1 Å². The molecule has 5 heteroatoms. The summed E-state index contributed by atoms with van der Waals surface area (Å²) in [5.74, 6) is 7.25. The van der Waals surface area contributed by atoms with E-state index in [1.165, 1.54) is 0 Å². The number of ether oxygens (including phenoxy) is 2. The lowest BCUT2D eigenvalue weighted by Crippen LogP contribution is -2.29. The fourth-order valence-corrected chi connectivity index (χ4v) is 2.54. The maximum atomic E-state index is 6.11. The topological polar surface area (TPSA) is 56.5 Å². The Hall–Kier alpha value is -1.75. The van der Waals surface area contributed by atoms with Crippen LogP contribution in [0.25, 0.3) is 0 Å². The molecule has 2 rings (SSSR count). The van der Waals surface area contributed by atoms with Gasteiger partial charge in [-0.25, -0.2) is 5.43 Å². The van der Waals surface area contributed by atoms with Gasteiger partial charge in [0.1, 0.15) is 11.5 Å². The summed E-state index contributed by atoms with van der Waals surface area (Å²) in [6, 6.07) is 11.1. The molecule has 0 aliphatic heterocycles. The average Bonchev–Trinajstić information content (AvgIpc) is 2.48. The molecule has 0 bridgehead atoms. The molecule has 2 aromatic carbocycles. The van der Waals surface area contributed by atoms with E-state index in [4.69, 9.17) is 26.9 Å². The Labute approximate surface area is 129 Å². The Balaban J connectivity index is 2.59. The number of nitrogens with two attached hydrogens (primary N) is 1. The second kappa shape index (κ2) is 6.80. The number of hydrogen-bond acceptors (Lipinski definition) is 4. The highest BCUT2D eigenvalue weighted by Gasteiger charge is 2.21. The van der Waals surface area contributed by atoms with Crippen molar-refractivity contribution < 1.29 is 9.47 Å². The number of nitrogens with one attached hydrogen (secondary N) is 1. The Kier molecular flexibility index (Phi) is 5.07. The van der Waals surface area contributed by atoms with Gasteiger partial charge in [-0.2, -0.15) is 0 Å². The quantitative estimate of drug-likeness (QED) is 0.658. The number of rotatable bonds is 5. The molecule has 4 nitrogen and oxygen atoms in total. The first kappa shape index (κ1) is 15.6. The second-order valence-corrected chi connectivity index (χ2v) is 5.17. The number of halogens is 1. The molecule has 0 saturated carbocycles. The highest BCUT2D eigenvalue weighted by Crippen LogP contribution is 2.36. The van der Waals surface area contributed by atoms with Crippen molar-refractivity contribution >= 4 is 11.6 Å². The summed E-state index contributed by atoms with van der Waals surface area (Å²) in [6.07, 6.45) is 0. The van der Waals surface area contributed by atoms with E-state index in [9.17, 15) is 0 Å². The maximum Gasteiger partial charge on any atom is 0.124 e. The number of benzene rings is 2. The van der Waals surface area contributed by atoms with Crippen molar-refractivity contribution in [2.75, 3.05) is 14.2 Å². The van der Waals surface area contributed by atoms with Gasteiger partial charge in [-0.3, -0.25) is 5.84 Å². The molecular formula is C16H19ClN2O2. The van der Waals surface area contributed by atoms with E-state index in [1.54, 1.807) is 20.3 Å². The molecule has 3 N–H and O–H groups in total. The third-order valence-corrected chi connectivity index (χ3v) is 3.60. The van der Waals surface area contributed by atoms with Crippen molar-refractivity contribution in [1.29, 1.82) is 0 Å². The monoisotopic (exact) mass is 306 g/mol. The smallest absolute Gasteiger partial charge is 0.124 e. The zero-order valence-electron chi connectivity index (χ0n) is 12.3. The van der Waals surface area contributed by atoms with Crippen molar-refractivity contribution in [1.82, 2.24) is 5.43 Å². The molecule has 0 aliphatic carbocycles. The van der Waals surface area contributed by atoms with E-state index >= 15 is 0 Å². The molecule has 21 heavy (non-hydrogen) atoms. The van der Waals surface area contributed by atoms with Crippen LogP contribution in [0.5, 0.6) is 11.5 Å². The number of hydrogen-bond donors (Lipinski definition) is 2. The van der Waals surface area contributed by atoms with Gasteiger partial charge in [0.05, 0.1) is 20.3 Å². The van der Waals surface area contributed by atoms with E-state index in [2.05, 4.69) is 5.43 Å². The summed E-state index contributed by atoms with van der Waals surface area (Å²) < 4.78 is 10.9. The van der Waals surface area contributed by atoms with Crippen LogP contribution in [0.4, 0.5) is 0 Å². The van der Waals surface area contributed by atoms with Crippen LogP contribution in [-0.2, 0) is 0 Å². The molecule has 0 amide bonds. The van der Waals surface area contributed by atoms with Crippen LogP contribution < -0.4 is 20.7 Å². The van der Waals surface area contributed by atoms with Gasteiger partial charge in [-0.05, 0) is 31.2 Å². The van der Waals surface area contributed by atoms with Gasteiger partial charge in [0.25, 0.3) is 0 Å². The molecule has 0 heterocycles. The minimum Gasteiger partial charge on any atom is -0.496 e. The summed E-state index contributed by atoms with van der Waals surface area (Å²) >= 11 is 6.11. The summed E-state index contributed by atoms with van der Waals surface area (Å²) in [5.41, 5.74) is 5.73. The summed E-state index contributed by atoms with van der Waals surface area (Å²) in [4.78, 5) is 0. The molecule has 0 aromatic heterocycles. The van der Waals surface area contributed by atoms with Crippen LogP contribution >= 0.6 is 11.6 Å². The molecule has 1 unspecified atom stereocenters. The molecule has 0 saturated heterocycles. The third-order valence-electron chi connectivity index (χ3n) is 3.37. The first-order chi connectivity index (χ1) is 10.1. The largest absolute Gasteiger partial charge is 0.496 e. The predicted molar refractivity (Wildman–Crippen MR) is 84.9 cm³/mol. The average molecular weight is 307 g/mol. The molecule has 2 aromatic rings. The molecule has 112 valence electrons.